The highest BCUT2D eigenvalue weighted by Crippen LogP contribution is 2.30. The van der Waals surface area contributed by atoms with Gasteiger partial charge in [0.15, 0.2) is 5.78 Å². The number of hydrogen-bond donors (Lipinski definition) is 2. The van der Waals surface area contributed by atoms with Crippen LogP contribution >= 0.6 is 0 Å². The normalized spacial score (nSPS) is 16.7. The average Bonchev–Trinajstić information content (AvgIpc) is 3.29. The summed E-state index contributed by atoms with van der Waals surface area (Å²) < 4.78 is 0. The van der Waals surface area contributed by atoms with Crippen molar-refractivity contribution in [2.45, 2.75) is 12.1 Å². The van der Waals surface area contributed by atoms with Gasteiger partial charge in [0.05, 0.1) is 6.04 Å². The molecule has 7 nitrogen and oxygen atoms in total. The quantitative estimate of drug-likeness (QED) is 0.460. The zero-order valence-electron chi connectivity index (χ0n) is 17.6. The molecule has 0 unspecified atom stereocenters. The first kappa shape index (κ1) is 20.4. The van der Waals surface area contributed by atoms with Crippen LogP contribution in [-0.2, 0) is 0 Å². The van der Waals surface area contributed by atoms with Crippen LogP contribution in [-0.4, -0.2) is 63.0 Å². The number of nitrogens with zero attached hydrogens (tertiary/aromatic N) is 4. The summed E-state index contributed by atoms with van der Waals surface area (Å²) in [5.74, 6) is 0.434. The molecule has 2 aromatic carbocycles. The third-order valence-electron chi connectivity index (χ3n) is 6.11. The molecular weight excluding hydrogens is 402 g/mol. The number of nitrogens with one attached hydrogen (secondary N) is 1. The first-order valence-corrected chi connectivity index (χ1v) is 10.8. The maximum absolute atomic E-state index is 13.4. The van der Waals surface area contributed by atoms with E-state index in [9.17, 15) is 9.90 Å². The van der Waals surface area contributed by atoms with Crippen molar-refractivity contribution in [3.8, 4) is 0 Å². The number of carbonyl (C=O) groups excluding carboxylic acids is 1. The third-order valence-corrected chi connectivity index (χ3v) is 6.11. The van der Waals surface area contributed by atoms with Gasteiger partial charge in [-0.2, -0.15) is 0 Å². The number of Topliss-reactive ketones (excluding diaryl/α,β-unsaturated/α-hetero) is 1. The van der Waals surface area contributed by atoms with Gasteiger partial charge in [-0.3, -0.25) is 9.69 Å². The second-order valence-corrected chi connectivity index (χ2v) is 7.98. The molecule has 162 valence electrons. The van der Waals surface area contributed by atoms with Gasteiger partial charge in [-0.25, -0.2) is 9.97 Å². The minimum atomic E-state index is -1.18. The summed E-state index contributed by atoms with van der Waals surface area (Å²) in [6, 6.07) is 18.8. The molecule has 4 aromatic rings. The number of carbonyl (C=O) groups is 1. The zero-order valence-corrected chi connectivity index (χ0v) is 17.6. The molecule has 2 N–H and O–H groups in total. The molecule has 0 saturated carbocycles. The Balaban J connectivity index is 1.41. The second-order valence-electron chi connectivity index (χ2n) is 7.98. The predicted octanol–water partition coefficient (Wildman–Crippen LogP) is 3.07. The molecule has 2 atom stereocenters. The number of rotatable bonds is 6. The van der Waals surface area contributed by atoms with Gasteiger partial charge in [0, 0.05) is 61.2 Å². The monoisotopic (exact) mass is 427 g/mol. The number of aromatic amines is 1. The second kappa shape index (κ2) is 8.90. The minimum Gasteiger partial charge on any atom is -0.383 e. The van der Waals surface area contributed by atoms with Gasteiger partial charge in [-0.05, 0) is 17.7 Å². The van der Waals surface area contributed by atoms with Crippen molar-refractivity contribution in [3.63, 3.8) is 0 Å². The molecule has 32 heavy (non-hydrogen) atoms. The molecule has 1 fully saturated rings. The highest BCUT2D eigenvalue weighted by molar-refractivity contribution is 6.10. The van der Waals surface area contributed by atoms with Crippen LogP contribution in [0.5, 0.6) is 0 Å². The van der Waals surface area contributed by atoms with Gasteiger partial charge in [-0.15, -0.1) is 0 Å². The van der Waals surface area contributed by atoms with Crippen molar-refractivity contribution in [1.29, 1.82) is 0 Å². The number of aromatic nitrogens is 3. The number of hydrogen-bond acceptors (Lipinski definition) is 6. The number of benzene rings is 2. The minimum absolute atomic E-state index is 0.273. The van der Waals surface area contributed by atoms with E-state index in [0.29, 0.717) is 24.6 Å². The molecule has 1 aliphatic heterocycles. The van der Waals surface area contributed by atoms with E-state index >= 15 is 0 Å². The highest BCUT2D eigenvalue weighted by atomic mass is 16.3. The topological polar surface area (TPSA) is 85.4 Å². The van der Waals surface area contributed by atoms with E-state index in [-0.39, 0.29) is 5.78 Å². The molecule has 1 saturated heterocycles. The zero-order chi connectivity index (χ0) is 21.9. The highest BCUT2D eigenvalue weighted by Gasteiger charge is 2.35. The Morgan fingerprint density at radius 1 is 0.906 bits per heavy atom. The van der Waals surface area contributed by atoms with E-state index in [0.717, 1.165) is 29.6 Å². The van der Waals surface area contributed by atoms with Crippen LogP contribution in [0.1, 0.15) is 22.0 Å². The number of aliphatic hydroxyl groups excluding tert-OH is 1. The first-order valence-electron chi connectivity index (χ1n) is 10.8. The largest absolute Gasteiger partial charge is 0.383 e. The van der Waals surface area contributed by atoms with E-state index in [4.69, 9.17) is 0 Å². The lowest BCUT2D eigenvalue weighted by molar-refractivity contribution is 0.0365. The molecule has 1 aliphatic rings. The van der Waals surface area contributed by atoms with Gasteiger partial charge < -0.3 is 15.0 Å². The number of H-pyrrole nitrogens is 1. The van der Waals surface area contributed by atoms with Crippen LogP contribution < -0.4 is 4.90 Å². The van der Waals surface area contributed by atoms with Gasteiger partial charge in [-0.1, -0.05) is 48.5 Å². The van der Waals surface area contributed by atoms with Crippen LogP contribution in [0, 0.1) is 0 Å². The van der Waals surface area contributed by atoms with E-state index < -0.39 is 12.1 Å². The van der Waals surface area contributed by atoms with Crippen LogP contribution in [0.3, 0.4) is 0 Å². The Labute approximate surface area is 186 Å². The van der Waals surface area contributed by atoms with E-state index in [2.05, 4.69) is 24.8 Å². The fraction of sp³-hybridized carbons (Fsp3) is 0.240. The summed E-state index contributed by atoms with van der Waals surface area (Å²) in [5, 5.41) is 12.2. The third kappa shape index (κ3) is 3.88. The van der Waals surface area contributed by atoms with Crippen molar-refractivity contribution >= 4 is 22.6 Å². The summed E-state index contributed by atoms with van der Waals surface area (Å²) in [4.78, 5) is 29.6. The van der Waals surface area contributed by atoms with Crippen molar-refractivity contribution in [2.75, 3.05) is 31.1 Å². The molecule has 2 aromatic heterocycles. The maximum atomic E-state index is 13.4. The average molecular weight is 428 g/mol. The number of ketones is 1. The van der Waals surface area contributed by atoms with Crippen LogP contribution in [0.4, 0.5) is 5.95 Å². The van der Waals surface area contributed by atoms with Gasteiger partial charge in [0.2, 0.25) is 5.95 Å². The summed E-state index contributed by atoms with van der Waals surface area (Å²) in [5.41, 5.74) is 2.33. The Kier molecular flexibility index (Phi) is 5.66. The van der Waals surface area contributed by atoms with E-state index in [1.807, 2.05) is 54.6 Å². The van der Waals surface area contributed by atoms with Crippen molar-refractivity contribution < 1.29 is 9.90 Å². The number of fused-ring (bicyclic) bond motifs is 1. The lowest BCUT2D eigenvalue weighted by Gasteiger charge is -2.40. The lowest BCUT2D eigenvalue weighted by atomic mass is 9.93. The fourth-order valence-corrected chi connectivity index (χ4v) is 4.48. The maximum Gasteiger partial charge on any atom is 0.225 e. The smallest absolute Gasteiger partial charge is 0.225 e. The van der Waals surface area contributed by atoms with Crippen LogP contribution in [0.25, 0.3) is 10.9 Å². The standard InChI is InChI=1S/C25H25N5O2/c31-23(20-17-28-21-10-5-4-9-19(20)21)24(32)22(18-7-2-1-3-8-18)29-13-15-30(16-14-29)25-26-11-6-12-27-25/h1-12,17,22,24,28,32H,13-16H2/t22-,24-/m1/s1. The molecule has 7 heteroatoms. The summed E-state index contributed by atoms with van der Waals surface area (Å²) in [6.07, 6.45) is 4.00. The van der Waals surface area contributed by atoms with E-state index in [1.165, 1.54) is 0 Å². The van der Waals surface area contributed by atoms with E-state index in [1.54, 1.807) is 24.7 Å². The summed E-state index contributed by atoms with van der Waals surface area (Å²) in [7, 11) is 0. The SMILES string of the molecule is O=C(c1c[nH]c2ccccc12)[C@H](O)[C@@H](c1ccccc1)N1CCN(c2ncccn2)CC1. The van der Waals surface area contributed by atoms with Gasteiger partial charge in [0.1, 0.15) is 6.10 Å². The number of piperazine rings is 1. The summed E-state index contributed by atoms with van der Waals surface area (Å²) in [6.45, 7) is 2.83. The lowest BCUT2D eigenvalue weighted by Crippen LogP contribution is -2.51. The number of aliphatic hydroxyl groups is 1. The molecular formula is C25H25N5O2. The molecule has 0 radical (unpaired) electrons. The Hall–Kier alpha value is -3.55. The molecule has 0 aliphatic carbocycles. The van der Waals surface area contributed by atoms with Crippen molar-refractivity contribution in [2.24, 2.45) is 0 Å². The van der Waals surface area contributed by atoms with Crippen molar-refractivity contribution in [1.82, 2.24) is 19.9 Å². The first-order chi connectivity index (χ1) is 15.7. The molecule has 3 heterocycles. The Morgan fingerprint density at radius 2 is 1.59 bits per heavy atom. The fourth-order valence-electron chi connectivity index (χ4n) is 4.48. The molecule has 0 spiro atoms. The van der Waals surface area contributed by atoms with Crippen LogP contribution in [0.15, 0.2) is 79.3 Å². The van der Waals surface area contributed by atoms with Gasteiger partial charge in [0.25, 0.3) is 0 Å². The molecule has 5 rings (SSSR count). The Morgan fingerprint density at radius 3 is 2.34 bits per heavy atom. The molecule has 0 bridgehead atoms. The number of anilines is 1. The summed E-state index contributed by atoms with van der Waals surface area (Å²) >= 11 is 0. The molecule has 0 amide bonds. The predicted molar refractivity (Wildman–Crippen MR) is 124 cm³/mol. The van der Waals surface area contributed by atoms with Crippen molar-refractivity contribution in [3.05, 3.63) is 90.4 Å². The van der Waals surface area contributed by atoms with Crippen LogP contribution in [0.2, 0.25) is 0 Å². The Bertz CT molecular complexity index is 1190. The number of para-hydroxylation sites is 1. The van der Waals surface area contributed by atoms with Gasteiger partial charge >= 0.3 is 0 Å².